The molecule has 3 saturated heterocycles. The normalized spacial score (nSPS) is 42.4. The minimum absolute atomic E-state index is 0.0421. The van der Waals surface area contributed by atoms with Gasteiger partial charge in [0.05, 0.1) is 23.9 Å². The van der Waals surface area contributed by atoms with E-state index in [1.165, 1.54) is 0 Å². The lowest BCUT2D eigenvalue weighted by Crippen LogP contribution is -2.60. The highest BCUT2D eigenvalue weighted by molar-refractivity contribution is 5.97. The first-order valence-corrected chi connectivity index (χ1v) is 16.6. The first-order chi connectivity index (χ1) is 20.9. The summed E-state index contributed by atoms with van der Waals surface area (Å²) in [5.41, 5.74) is -2.13. The van der Waals surface area contributed by atoms with Gasteiger partial charge in [-0.25, -0.2) is 4.79 Å². The number of amides is 1. The number of fused-ring (bicyclic) bond motifs is 1. The summed E-state index contributed by atoms with van der Waals surface area (Å²) in [5, 5.41) is 17.9. The molecule has 3 aliphatic rings. The van der Waals surface area contributed by atoms with Crippen LogP contribution in [0.4, 0.5) is 4.79 Å². The molecule has 45 heavy (non-hydrogen) atoms. The number of aliphatic hydroxyl groups is 1. The highest BCUT2D eigenvalue weighted by Crippen LogP contribution is 2.37. The Labute approximate surface area is 269 Å². The zero-order valence-corrected chi connectivity index (χ0v) is 29.3. The van der Waals surface area contributed by atoms with Crippen molar-refractivity contribution in [3.63, 3.8) is 0 Å². The summed E-state index contributed by atoms with van der Waals surface area (Å²) in [4.78, 5) is 41.5. The van der Waals surface area contributed by atoms with Crippen molar-refractivity contribution < 1.29 is 43.2 Å². The van der Waals surface area contributed by atoms with E-state index in [0.717, 1.165) is 6.42 Å². The van der Waals surface area contributed by atoms with Crippen molar-refractivity contribution in [3.05, 3.63) is 0 Å². The third-order valence-corrected chi connectivity index (χ3v) is 10.1. The molecule has 3 heterocycles. The summed E-state index contributed by atoms with van der Waals surface area (Å²) in [7, 11) is 5.44. The summed E-state index contributed by atoms with van der Waals surface area (Å²) >= 11 is 0. The van der Waals surface area contributed by atoms with E-state index < -0.39 is 66.2 Å². The number of carbonyl (C=O) groups is 3. The largest absolute Gasteiger partial charge is 0.458 e. The van der Waals surface area contributed by atoms with E-state index in [-0.39, 0.29) is 29.9 Å². The van der Waals surface area contributed by atoms with Crippen molar-refractivity contribution in [2.24, 2.45) is 17.8 Å². The summed E-state index contributed by atoms with van der Waals surface area (Å²) in [5.74, 6) is -1.47. The number of ether oxygens (including phenoxy) is 5. The molecule has 0 aliphatic carbocycles. The van der Waals surface area contributed by atoms with Crippen LogP contribution in [-0.2, 0) is 33.3 Å². The van der Waals surface area contributed by atoms with Crippen molar-refractivity contribution in [3.8, 4) is 0 Å². The van der Waals surface area contributed by atoms with E-state index in [9.17, 15) is 19.5 Å². The summed E-state index contributed by atoms with van der Waals surface area (Å²) in [6.45, 7) is 16.1. The van der Waals surface area contributed by atoms with Crippen molar-refractivity contribution >= 4 is 17.8 Å². The van der Waals surface area contributed by atoms with Gasteiger partial charge >= 0.3 is 12.1 Å². The molecule has 1 amide bonds. The molecule has 3 fully saturated rings. The number of methoxy groups -OCH3 is 1. The number of nitrogens with zero attached hydrogens (tertiary/aromatic N) is 1. The second kappa shape index (κ2) is 15.4. The van der Waals surface area contributed by atoms with Crippen LogP contribution in [0.5, 0.6) is 0 Å². The number of Topliss-reactive ketones (excluding diaryl/α,β-unsaturated/α-hetero) is 1. The lowest BCUT2D eigenvalue weighted by molar-refractivity contribution is -0.299. The van der Waals surface area contributed by atoms with E-state index in [1.807, 2.05) is 39.8 Å². The number of hydrogen-bond donors (Lipinski definition) is 3. The van der Waals surface area contributed by atoms with E-state index in [1.54, 1.807) is 21.0 Å². The van der Waals surface area contributed by atoms with Crippen LogP contribution in [0, 0.1) is 17.8 Å². The molecule has 0 aromatic carbocycles. The Morgan fingerprint density at radius 2 is 1.80 bits per heavy atom. The molecule has 3 N–H and O–H groups in total. The predicted octanol–water partition coefficient (Wildman–Crippen LogP) is 3.03. The monoisotopic (exact) mass is 641 g/mol. The summed E-state index contributed by atoms with van der Waals surface area (Å²) in [6, 6.07) is -0.911. The molecule has 0 aromatic heterocycles. The van der Waals surface area contributed by atoms with Gasteiger partial charge in [-0.3, -0.25) is 9.59 Å². The maximum Gasteiger partial charge on any atom is 0.408 e. The zero-order valence-electron chi connectivity index (χ0n) is 29.3. The Kier molecular flexibility index (Phi) is 12.9. The van der Waals surface area contributed by atoms with Crippen molar-refractivity contribution in [1.82, 2.24) is 15.5 Å². The first kappa shape index (κ1) is 37.6. The van der Waals surface area contributed by atoms with Crippen LogP contribution >= 0.6 is 0 Å². The Morgan fingerprint density at radius 3 is 2.38 bits per heavy atom. The minimum atomic E-state index is -1.14. The number of nitrogens with one attached hydrogen (secondary N) is 2. The van der Waals surface area contributed by atoms with Crippen LogP contribution in [0.15, 0.2) is 0 Å². The second-order valence-electron chi connectivity index (χ2n) is 14.6. The minimum Gasteiger partial charge on any atom is -0.458 e. The fraction of sp³-hybridized carbons (Fsp3) is 0.909. The van der Waals surface area contributed by atoms with Gasteiger partial charge in [0, 0.05) is 25.1 Å². The zero-order chi connectivity index (χ0) is 33.9. The van der Waals surface area contributed by atoms with Crippen LogP contribution in [0.1, 0.15) is 87.5 Å². The molecule has 1 unspecified atom stereocenters. The molecule has 0 bridgehead atoms. The molecule has 260 valence electrons. The van der Waals surface area contributed by atoms with E-state index in [0.29, 0.717) is 31.7 Å². The number of esters is 1. The lowest BCUT2D eigenvalue weighted by Gasteiger charge is -2.47. The standard InChI is InChI=1S/C33H59N3O9/c1-12-25-33(8)28(35-31(40)45-33)21(6)34-17-19(4)16-32(7,41-11)29(20(5)24(37)15-26(38)43-25)44-30-27(39)23(36(9)10)14-22(42-30)13-18(2)3/h18-23,25,27-30,34,39H,12-17H2,1-11H3,(H,35,40)/t19-,20+,21-,22-,23?,25-,27-,28-,29-,30+,32-,33-/m1/s1. The van der Waals surface area contributed by atoms with Gasteiger partial charge in [0.2, 0.25) is 0 Å². The molecule has 12 nitrogen and oxygen atoms in total. The predicted molar refractivity (Wildman–Crippen MR) is 169 cm³/mol. The number of likely N-dealkylation sites (N-methyl/N-ethyl adjacent to an activating group) is 1. The third kappa shape index (κ3) is 8.75. The molecule has 12 atom stereocenters. The Hall–Kier alpha value is -1.83. The summed E-state index contributed by atoms with van der Waals surface area (Å²) < 4.78 is 30.8. The van der Waals surface area contributed by atoms with Gasteiger partial charge in [0.25, 0.3) is 0 Å². The number of alkyl carbamates (subject to hydrolysis) is 1. The maximum absolute atomic E-state index is 13.8. The van der Waals surface area contributed by atoms with Gasteiger partial charge in [-0.15, -0.1) is 0 Å². The van der Waals surface area contributed by atoms with Gasteiger partial charge in [-0.05, 0) is 78.9 Å². The number of aliphatic hydroxyl groups excluding tert-OH is 1. The van der Waals surface area contributed by atoms with Crippen LogP contribution in [0.3, 0.4) is 0 Å². The van der Waals surface area contributed by atoms with Gasteiger partial charge in [0.1, 0.15) is 24.4 Å². The highest BCUT2D eigenvalue weighted by Gasteiger charge is 2.55. The van der Waals surface area contributed by atoms with Crippen LogP contribution in [0.2, 0.25) is 0 Å². The molecule has 3 aliphatic heterocycles. The van der Waals surface area contributed by atoms with E-state index in [2.05, 4.69) is 31.4 Å². The molecular formula is C33H59N3O9. The maximum atomic E-state index is 13.8. The summed E-state index contributed by atoms with van der Waals surface area (Å²) in [6.07, 6.45) is -2.46. The van der Waals surface area contributed by atoms with Crippen molar-refractivity contribution in [2.45, 2.75) is 148 Å². The van der Waals surface area contributed by atoms with E-state index in [4.69, 9.17) is 23.7 Å². The van der Waals surface area contributed by atoms with Gasteiger partial charge in [-0.1, -0.05) is 34.6 Å². The molecule has 0 aromatic rings. The molecular weight excluding hydrogens is 582 g/mol. The number of rotatable bonds is 7. The quantitative estimate of drug-likeness (QED) is 0.279. The smallest absolute Gasteiger partial charge is 0.408 e. The van der Waals surface area contributed by atoms with Crippen molar-refractivity contribution in [2.75, 3.05) is 27.7 Å². The SMILES string of the molecule is CC[C@H]1OC(=O)CC(=O)[C@H](C)[C@@H](O[C@@H]2O[C@H](CC(C)C)CC(N(C)C)[C@H]2O)[C@](C)(OC)C[C@@H](C)CN[C@H](C)[C@H]2NC(=O)O[C@@]21C. The average Bonchev–Trinajstić information content (AvgIpc) is 3.27. The fourth-order valence-electron chi connectivity index (χ4n) is 7.47. The van der Waals surface area contributed by atoms with Gasteiger partial charge in [-0.2, -0.15) is 0 Å². The molecule has 3 rings (SSSR count). The second-order valence-corrected chi connectivity index (χ2v) is 14.6. The van der Waals surface area contributed by atoms with Gasteiger partial charge < -0.3 is 44.3 Å². The Bertz CT molecular complexity index is 1030. The number of carbonyl (C=O) groups excluding carboxylic acids is 3. The number of cyclic esters (lactones) is 1. The average molecular weight is 642 g/mol. The molecule has 0 saturated carbocycles. The van der Waals surface area contributed by atoms with Gasteiger partial charge in [0.15, 0.2) is 11.9 Å². The molecule has 12 heteroatoms. The van der Waals surface area contributed by atoms with Crippen LogP contribution < -0.4 is 10.6 Å². The molecule has 0 spiro atoms. The molecule has 0 radical (unpaired) electrons. The van der Waals surface area contributed by atoms with E-state index >= 15 is 0 Å². The number of ketones is 1. The first-order valence-electron chi connectivity index (χ1n) is 16.6. The third-order valence-electron chi connectivity index (χ3n) is 10.1. The Morgan fingerprint density at radius 1 is 1.13 bits per heavy atom. The van der Waals surface area contributed by atoms with Crippen LogP contribution in [0.25, 0.3) is 0 Å². The van der Waals surface area contributed by atoms with Crippen LogP contribution in [-0.4, -0.2) is 116 Å². The number of hydrogen-bond acceptors (Lipinski definition) is 11. The highest BCUT2D eigenvalue weighted by atomic mass is 16.7. The Balaban J connectivity index is 1.98. The lowest BCUT2D eigenvalue weighted by atomic mass is 9.80. The fourth-order valence-corrected chi connectivity index (χ4v) is 7.47. The van der Waals surface area contributed by atoms with Crippen molar-refractivity contribution in [1.29, 1.82) is 0 Å². The topological polar surface area (TPSA) is 145 Å².